The molecule has 0 atom stereocenters. The maximum atomic E-state index is 4.62. The molecule has 3 nitrogen and oxygen atoms in total. The van der Waals surface area contributed by atoms with E-state index in [-0.39, 0.29) is 5.41 Å². The van der Waals surface area contributed by atoms with E-state index in [1.54, 1.807) is 11.8 Å². The Balaban J connectivity index is 1.96. The summed E-state index contributed by atoms with van der Waals surface area (Å²) in [6, 6.07) is 8.92. The van der Waals surface area contributed by atoms with Crippen molar-refractivity contribution in [3.8, 4) is 0 Å². The zero-order valence-electron chi connectivity index (χ0n) is 14.4. The molecular formula is C19H23N3S. The zero-order chi connectivity index (χ0) is 16.6. The van der Waals surface area contributed by atoms with Crippen molar-refractivity contribution >= 4 is 29.2 Å². The molecule has 0 N–H and O–H groups in total. The van der Waals surface area contributed by atoms with Crippen molar-refractivity contribution in [2.75, 3.05) is 24.7 Å². The average molecular weight is 325 g/mol. The van der Waals surface area contributed by atoms with E-state index in [1.807, 2.05) is 12.5 Å². The molecule has 2 aromatic rings. The second kappa shape index (κ2) is 6.00. The minimum atomic E-state index is 0.185. The van der Waals surface area contributed by atoms with E-state index in [0.717, 1.165) is 23.1 Å². The number of fused-ring (bicyclic) bond motifs is 1. The second-order valence-electron chi connectivity index (χ2n) is 6.99. The van der Waals surface area contributed by atoms with Crippen molar-refractivity contribution in [3.05, 3.63) is 47.2 Å². The third-order valence-electron chi connectivity index (χ3n) is 4.18. The lowest BCUT2D eigenvalue weighted by molar-refractivity contribution is 0.590. The summed E-state index contributed by atoms with van der Waals surface area (Å²) in [5, 5.41) is 0.821. The minimum Gasteiger partial charge on any atom is -0.355 e. The number of rotatable bonds is 2. The molecule has 0 unspecified atom stereocenters. The van der Waals surface area contributed by atoms with Crippen molar-refractivity contribution in [2.24, 2.45) is 0 Å². The van der Waals surface area contributed by atoms with Crippen molar-refractivity contribution in [1.29, 1.82) is 0 Å². The molecule has 0 saturated heterocycles. The van der Waals surface area contributed by atoms with E-state index in [1.165, 1.54) is 16.7 Å². The number of hydrogen-bond donors (Lipinski definition) is 0. The molecular weight excluding hydrogens is 302 g/mol. The standard InChI is InChI=1S/C19H23N3S/c1-19(2,3)16-8-6-13(7-9-16)15-10-14-11-20-18(23-5)21-17(14)22(4)12-15/h6-11H,12H2,1-5H3. The van der Waals surface area contributed by atoms with Crippen molar-refractivity contribution in [3.63, 3.8) is 0 Å². The topological polar surface area (TPSA) is 29.0 Å². The Hall–Kier alpha value is -1.81. The monoisotopic (exact) mass is 325 g/mol. The van der Waals surface area contributed by atoms with Crippen molar-refractivity contribution in [2.45, 2.75) is 31.3 Å². The summed E-state index contributed by atoms with van der Waals surface area (Å²) >= 11 is 1.58. The van der Waals surface area contributed by atoms with Crippen molar-refractivity contribution in [1.82, 2.24) is 9.97 Å². The molecule has 0 spiro atoms. The van der Waals surface area contributed by atoms with E-state index in [0.29, 0.717) is 0 Å². The zero-order valence-corrected chi connectivity index (χ0v) is 15.2. The smallest absolute Gasteiger partial charge is 0.189 e. The first-order chi connectivity index (χ1) is 10.9. The van der Waals surface area contributed by atoms with Crippen LogP contribution < -0.4 is 4.90 Å². The highest BCUT2D eigenvalue weighted by Crippen LogP contribution is 2.32. The molecule has 0 aliphatic carbocycles. The number of nitrogens with zero attached hydrogens (tertiary/aromatic N) is 3. The van der Waals surface area contributed by atoms with Gasteiger partial charge < -0.3 is 4.90 Å². The average Bonchev–Trinajstić information content (AvgIpc) is 2.54. The Bertz CT molecular complexity index is 742. The molecule has 0 fully saturated rings. The lowest BCUT2D eigenvalue weighted by atomic mass is 9.86. The number of hydrogen-bond acceptors (Lipinski definition) is 4. The molecule has 0 saturated carbocycles. The largest absolute Gasteiger partial charge is 0.355 e. The fourth-order valence-electron chi connectivity index (χ4n) is 2.80. The van der Waals surface area contributed by atoms with Gasteiger partial charge in [-0.1, -0.05) is 56.8 Å². The van der Waals surface area contributed by atoms with Gasteiger partial charge in [-0.15, -0.1) is 0 Å². The molecule has 1 aliphatic rings. The third kappa shape index (κ3) is 3.27. The Morgan fingerprint density at radius 3 is 2.43 bits per heavy atom. The summed E-state index contributed by atoms with van der Waals surface area (Å²) in [6.45, 7) is 7.60. The maximum Gasteiger partial charge on any atom is 0.189 e. The Kier molecular flexibility index (Phi) is 4.19. The van der Waals surface area contributed by atoms with Gasteiger partial charge in [-0.05, 0) is 34.4 Å². The molecule has 3 rings (SSSR count). The van der Waals surface area contributed by atoms with Crippen LogP contribution in [0.5, 0.6) is 0 Å². The molecule has 1 aromatic carbocycles. The third-order valence-corrected chi connectivity index (χ3v) is 4.74. The van der Waals surface area contributed by atoms with E-state index < -0.39 is 0 Å². The highest BCUT2D eigenvalue weighted by atomic mass is 32.2. The van der Waals surface area contributed by atoms with Gasteiger partial charge in [0.25, 0.3) is 0 Å². The number of aromatic nitrogens is 2. The fraction of sp³-hybridized carbons (Fsp3) is 0.368. The van der Waals surface area contributed by atoms with Crippen LogP contribution in [0, 0.1) is 0 Å². The van der Waals surface area contributed by atoms with Crippen molar-refractivity contribution < 1.29 is 0 Å². The van der Waals surface area contributed by atoms with Gasteiger partial charge in [0.2, 0.25) is 0 Å². The number of likely N-dealkylation sites (N-methyl/N-ethyl adjacent to an activating group) is 1. The Morgan fingerprint density at radius 2 is 1.83 bits per heavy atom. The predicted octanol–water partition coefficient (Wildman–Crippen LogP) is 4.49. The lowest BCUT2D eigenvalue weighted by Gasteiger charge is -2.27. The minimum absolute atomic E-state index is 0.185. The molecule has 120 valence electrons. The van der Waals surface area contributed by atoms with Crippen LogP contribution in [-0.4, -0.2) is 29.8 Å². The molecule has 1 aliphatic heterocycles. The Morgan fingerprint density at radius 1 is 1.13 bits per heavy atom. The van der Waals surface area contributed by atoms with E-state index >= 15 is 0 Å². The van der Waals surface area contributed by atoms with Crippen LogP contribution in [0.4, 0.5) is 5.82 Å². The van der Waals surface area contributed by atoms with Crippen LogP contribution in [0.2, 0.25) is 0 Å². The van der Waals surface area contributed by atoms with Crippen LogP contribution in [0.25, 0.3) is 11.6 Å². The van der Waals surface area contributed by atoms with E-state index in [2.05, 4.69) is 73.0 Å². The Labute approximate surface area is 142 Å². The van der Waals surface area contributed by atoms with Crippen LogP contribution >= 0.6 is 11.8 Å². The van der Waals surface area contributed by atoms with Gasteiger partial charge in [0, 0.05) is 25.4 Å². The van der Waals surface area contributed by atoms with Crippen LogP contribution in [0.1, 0.15) is 37.5 Å². The summed E-state index contributed by atoms with van der Waals surface area (Å²) in [5.74, 6) is 1.01. The maximum absolute atomic E-state index is 4.62. The summed E-state index contributed by atoms with van der Waals surface area (Å²) in [7, 11) is 2.09. The number of thioether (sulfide) groups is 1. The highest BCUT2D eigenvalue weighted by molar-refractivity contribution is 7.98. The molecule has 23 heavy (non-hydrogen) atoms. The van der Waals surface area contributed by atoms with Gasteiger partial charge >= 0.3 is 0 Å². The van der Waals surface area contributed by atoms with Gasteiger partial charge in [-0.3, -0.25) is 0 Å². The summed E-state index contributed by atoms with van der Waals surface area (Å²) < 4.78 is 0. The highest BCUT2D eigenvalue weighted by Gasteiger charge is 2.19. The molecule has 0 bridgehead atoms. The quantitative estimate of drug-likeness (QED) is 0.601. The van der Waals surface area contributed by atoms with Gasteiger partial charge in [0.1, 0.15) is 5.82 Å². The van der Waals surface area contributed by atoms with E-state index in [9.17, 15) is 0 Å². The van der Waals surface area contributed by atoms with Gasteiger partial charge in [-0.2, -0.15) is 0 Å². The van der Waals surface area contributed by atoms with E-state index in [4.69, 9.17) is 0 Å². The first-order valence-electron chi connectivity index (χ1n) is 7.82. The van der Waals surface area contributed by atoms with Gasteiger partial charge in [0.05, 0.1) is 0 Å². The predicted molar refractivity (Wildman–Crippen MR) is 100 cm³/mol. The fourth-order valence-corrected chi connectivity index (χ4v) is 3.13. The summed E-state index contributed by atoms with van der Waals surface area (Å²) in [5.41, 5.74) is 5.21. The van der Waals surface area contributed by atoms with Crippen LogP contribution in [-0.2, 0) is 5.41 Å². The normalized spacial score (nSPS) is 14.5. The van der Waals surface area contributed by atoms with Crippen LogP contribution in [0.3, 0.4) is 0 Å². The second-order valence-corrected chi connectivity index (χ2v) is 7.76. The summed E-state index contributed by atoms with van der Waals surface area (Å²) in [6.07, 6.45) is 6.14. The van der Waals surface area contributed by atoms with Crippen LogP contribution in [0.15, 0.2) is 35.6 Å². The molecule has 2 heterocycles. The molecule has 0 amide bonds. The molecule has 1 aromatic heterocycles. The lowest BCUT2D eigenvalue weighted by Crippen LogP contribution is -2.25. The number of anilines is 1. The summed E-state index contributed by atoms with van der Waals surface area (Å²) in [4.78, 5) is 11.2. The molecule has 0 radical (unpaired) electrons. The first kappa shape index (κ1) is 16.1. The SMILES string of the molecule is CSc1ncc2c(n1)N(C)CC(c1ccc(C(C)(C)C)cc1)=C2. The molecule has 4 heteroatoms. The van der Waals surface area contributed by atoms with Gasteiger partial charge in [-0.25, -0.2) is 9.97 Å². The van der Waals surface area contributed by atoms with Gasteiger partial charge in [0.15, 0.2) is 5.16 Å². The first-order valence-corrected chi connectivity index (χ1v) is 9.04. The number of benzene rings is 1.